The standard InChI is InChI=1S/C21H28F3NO/c1-2-15-13-17(21(22,23)24)10-11-18(15)20(26)25-19-9-5-8-16(19)12-14-6-3-4-7-14/h10-11,13-14,16,19H,2-9,12H2,1H3,(H,25,26)/t16-,19-/m0/s1. The molecule has 144 valence electrons. The summed E-state index contributed by atoms with van der Waals surface area (Å²) in [7, 11) is 0. The second kappa shape index (κ2) is 8.01. The first-order chi connectivity index (χ1) is 12.4. The third kappa shape index (κ3) is 4.41. The summed E-state index contributed by atoms with van der Waals surface area (Å²) in [6.07, 6.45) is 5.69. The van der Waals surface area contributed by atoms with Gasteiger partial charge in [0.15, 0.2) is 0 Å². The van der Waals surface area contributed by atoms with Gasteiger partial charge in [-0.1, -0.05) is 39.0 Å². The van der Waals surface area contributed by atoms with Gasteiger partial charge in [-0.15, -0.1) is 0 Å². The first-order valence-corrected chi connectivity index (χ1v) is 9.89. The van der Waals surface area contributed by atoms with Gasteiger partial charge in [-0.25, -0.2) is 0 Å². The third-order valence-electron chi connectivity index (χ3n) is 6.14. The fraction of sp³-hybridized carbons (Fsp3) is 0.667. The van der Waals surface area contributed by atoms with E-state index in [9.17, 15) is 18.0 Å². The van der Waals surface area contributed by atoms with Crippen LogP contribution in [0.2, 0.25) is 0 Å². The molecule has 1 aromatic rings. The van der Waals surface area contributed by atoms with E-state index >= 15 is 0 Å². The summed E-state index contributed by atoms with van der Waals surface area (Å²) in [5.41, 5.74) is 0.153. The van der Waals surface area contributed by atoms with Crippen molar-refractivity contribution in [2.45, 2.75) is 76.9 Å². The number of carbonyl (C=O) groups excluding carboxylic acids is 1. The zero-order valence-electron chi connectivity index (χ0n) is 15.4. The van der Waals surface area contributed by atoms with Crippen LogP contribution in [0.3, 0.4) is 0 Å². The number of hydrogen-bond acceptors (Lipinski definition) is 1. The number of benzene rings is 1. The normalized spacial score (nSPS) is 24.2. The predicted molar refractivity (Wildman–Crippen MR) is 96.0 cm³/mol. The van der Waals surface area contributed by atoms with Crippen molar-refractivity contribution in [3.8, 4) is 0 Å². The van der Waals surface area contributed by atoms with Crippen molar-refractivity contribution in [3.63, 3.8) is 0 Å². The van der Waals surface area contributed by atoms with Gasteiger partial charge in [-0.3, -0.25) is 4.79 Å². The average Bonchev–Trinajstić information content (AvgIpc) is 3.26. The third-order valence-corrected chi connectivity index (χ3v) is 6.14. The van der Waals surface area contributed by atoms with E-state index in [1.165, 1.54) is 38.2 Å². The van der Waals surface area contributed by atoms with Crippen LogP contribution in [0.25, 0.3) is 0 Å². The Morgan fingerprint density at radius 2 is 1.85 bits per heavy atom. The van der Waals surface area contributed by atoms with E-state index in [1.807, 2.05) is 0 Å². The van der Waals surface area contributed by atoms with Gasteiger partial charge in [-0.2, -0.15) is 13.2 Å². The van der Waals surface area contributed by atoms with E-state index in [1.54, 1.807) is 6.92 Å². The van der Waals surface area contributed by atoms with E-state index < -0.39 is 11.7 Å². The summed E-state index contributed by atoms with van der Waals surface area (Å²) in [6, 6.07) is 3.62. The summed E-state index contributed by atoms with van der Waals surface area (Å²) < 4.78 is 38.7. The summed E-state index contributed by atoms with van der Waals surface area (Å²) >= 11 is 0. The maximum Gasteiger partial charge on any atom is 0.416 e. The fourth-order valence-electron chi connectivity index (χ4n) is 4.71. The van der Waals surface area contributed by atoms with Crippen molar-refractivity contribution < 1.29 is 18.0 Å². The summed E-state index contributed by atoms with van der Waals surface area (Å²) in [4.78, 5) is 12.7. The number of alkyl halides is 3. The molecule has 0 aromatic heterocycles. The smallest absolute Gasteiger partial charge is 0.349 e. The molecule has 0 saturated heterocycles. The Bertz CT molecular complexity index is 635. The van der Waals surface area contributed by atoms with Crippen molar-refractivity contribution in [2.24, 2.45) is 11.8 Å². The summed E-state index contributed by atoms with van der Waals surface area (Å²) in [5.74, 6) is 1.08. The highest BCUT2D eigenvalue weighted by Crippen LogP contribution is 2.37. The first-order valence-electron chi connectivity index (χ1n) is 9.89. The zero-order valence-corrected chi connectivity index (χ0v) is 15.4. The molecule has 0 heterocycles. The molecule has 0 aliphatic heterocycles. The number of rotatable bonds is 5. The van der Waals surface area contributed by atoms with Crippen LogP contribution in [-0.2, 0) is 12.6 Å². The maximum atomic E-state index is 12.9. The van der Waals surface area contributed by atoms with Gasteiger partial charge in [0.25, 0.3) is 5.91 Å². The monoisotopic (exact) mass is 367 g/mol. The molecule has 1 amide bonds. The lowest BCUT2D eigenvalue weighted by Crippen LogP contribution is -2.38. The number of aryl methyl sites for hydroxylation is 1. The van der Waals surface area contributed by atoms with Crippen molar-refractivity contribution in [2.75, 3.05) is 0 Å². The topological polar surface area (TPSA) is 29.1 Å². The molecule has 0 spiro atoms. The van der Waals surface area contributed by atoms with E-state index in [0.717, 1.165) is 37.3 Å². The molecule has 2 nitrogen and oxygen atoms in total. The van der Waals surface area contributed by atoms with Gasteiger partial charge in [0.1, 0.15) is 0 Å². The van der Waals surface area contributed by atoms with Crippen molar-refractivity contribution in [1.82, 2.24) is 5.32 Å². The number of hydrogen-bond donors (Lipinski definition) is 1. The molecule has 1 aromatic carbocycles. The Hall–Kier alpha value is -1.52. The van der Waals surface area contributed by atoms with Gasteiger partial charge in [0.05, 0.1) is 5.56 Å². The van der Waals surface area contributed by atoms with Gasteiger partial charge in [0.2, 0.25) is 0 Å². The van der Waals surface area contributed by atoms with Crippen molar-refractivity contribution >= 4 is 5.91 Å². The Labute approximate surface area is 153 Å². The lowest BCUT2D eigenvalue weighted by Gasteiger charge is -2.24. The minimum absolute atomic E-state index is 0.162. The van der Waals surface area contributed by atoms with E-state index in [2.05, 4.69) is 5.32 Å². The molecule has 0 bridgehead atoms. The van der Waals surface area contributed by atoms with Crippen LogP contribution in [-0.4, -0.2) is 11.9 Å². The van der Waals surface area contributed by atoms with Crippen LogP contribution >= 0.6 is 0 Å². The maximum absolute atomic E-state index is 12.9. The van der Waals surface area contributed by atoms with Gasteiger partial charge in [-0.05, 0) is 61.3 Å². The Balaban J connectivity index is 1.68. The van der Waals surface area contributed by atoms with Crippen molar-refractivity contribution in [3.05, 3.63) is 34.9 Å². The van der Waals surface area contributed by atoms with Crippen LogP contribution in [0.1, 0.15) is 79.8 Å². The van der Waals surface area contributed by atoms with Crippen LogP contribution in [0.15, 0.2) is 18.2 Å². The van der Waals surface area contributed by atoms with E-state index in [0.29, 0.717) is 23.5 Å². The molecular formula is C21H28F3NO. The van der Waals surface area contributed by atoms with Crippen molar-refractivity contribution in [1.29, 1.82) is 0 Å². The molecule has 3 rings (SSSR count). The molecule has 0 unspecified atom stereocenters. The number of nitrogens with one attached hydrogen (secondary N) is 1. The average molecular weight is 367 g/mol. The molecule has 2 aliphatic carbocycles. The molecule has 2 atom stereocenters. The zero-order chi connectivity index (χ0) is 18.7. The quantitative estimate of drug-likeness (QED) is 0.706. The largest absolute Gasteiger partial charge is 0.416 e. The SMILES string of the molecule is CCc1cc(C(F)(F)F)ccc1C(=O)N[C@H]1CCC[C@H]1CC1CCCC1. The molecule has 2 saturated carbocycles. The minimum atomic E-state index is -4.38. The highest BCUT2D eigenvalue weighted by molar-refractivity contribution is 5.96. The fourth-order valence-corrected chi connectivity index (χ4v) is 4.71. The highest BCUT2D eigenvalue weighted by Gasteiger charge is 2.33. The lowest BCUT2D eigenvalue weighted by atomic mass is 9.89. The first kappa shape index (κ1) is 19.2. The highest BCUT2D eigenvalue weighted by atomic mass is 19.4. The Morgan fingerprint density at radius 1 is 1.12 bits per heavy atom. The molecule has 5 heteroatoms. The second-order valence-electron chi connectivity index (χ2n) is 7.88. The minimum Gasteiger partial charge on any atom is -0.349 e. The number of amides is 1. The van der Waals surface area contributed by atoms with Crippen LogP contribution in [0.5, 0.6) is 0 Å². The van der Waals surface area contributed by atoms with E-state index in [-0.39, 0.29) is 11.9 Å². The summed E-state index contributed by atoms with van der Waals surface area (Å²) in [5, 5.41) is 3.13. The lowest BCUT2D eigenvalue weighted by molar-refractivity contribution is -0.137. The van der Waals surface area contributed by atoms with Crippen LogP contribution < -0.4 is 5.32 Å². The molecule has 1 N–H and O–H groups in total. The predicted octanol–water partition coefficient (Wildman–Crippen LogP) is 5.75. The van der Waals surface area contributed by atoms with Gasteiger partial charge in [0, 0.05) is 11.6 Å². The van der Waals surface area contributed by atoms with Crippen LogP contribution in [0.4, 0.5) is 13.2 Å². The second-order valence-corrected chi connectivity index (χ2v) is 7.88. The molecule has 0 radical (unpaired) electrons. The van der Waals surface area contributed by atoms with Gasteiger partial charge >= 0.3 is 6.18 Å². The summed E-state index contributed by atoms with van der Waals surface area (Å²) in [6.45, 7) is 1.78. The molecule has 26 heavy (non-hydrogen) atoms. The molecule has 2 fully saturated rings. The number of carbonyl (C=O) groups is 1. The Morgan fingerprint density at radius 3 is 2.50 bits per heavy atom. The van der Waals surface area contributed by atoms with Gasteiger partial charge < -0.3 is 5.32 Å². The number of halogens is 3. The molecule has 2 aliphatic rings. The van der Waals surface area contributed by atoms with E-state index in [4.69, 9.17) is 0 Å². The molecular weight excluding hydrogens is 339 g/mol. The van der Waals surface area contributed by atoms with Crippen LogP contribution in [0, 0.1) is 11.8 Å². The Kier molecular flexibility index (Phi) is 5.93.